The first kappa shape index (κ1) is 22.9. The van der Waals surface area contributed by atoms with Crippen molar-refractivity contribution in [2.45, 2.75) is 63.8 Å². The summed E-state index contributed by atoms with van der Waals surface area (Å²) in [6.07, 6.45) is 13.4. The van der Waals surface area contributed by atoms with E-state index in [1.54, 1.807) is 18.0 Å². The van der Waals surface area contributed by atoms with Crippen LogP contribution >= 0.6 is 0 Å². The van der Waals surface area contributed by atoms with Crippen molar-refractivity contribution in [1.82, 2.24) is 15.0 Å². The molecule has 1 aromatic carbocycles. The van der Waals surface area contributed by atoms with E-state index in [-0.39, 0.29) is 18.3 Å². The number of nitrogens with zero attached hydrogens (tertiary/aromatic N) is 3. The molecule has 2 N–H and O–H groups in total. The number of imidazole rings is 1. The van der Waals surface area contributed by atoms with Gasteiger partial charge in [-0.1, -0.05) is 36.6 Å². The molecule has 31 heavy (non-hydrogen) atoms. The molecule has 1 heterocycles. The van der Waals surface area contributed by atoms with Crippen LogP contribution in [0, 0.1) is 11.7 Å². The van der Waals surface area contributed by atoms with Crippen LogP contribution in [-0.2, 0) is 16.1 Å². The normalized spacial score (nSPS) is 16.1. The van der Waals surface area contributed by atoms with Crippen molar-refractivity contribution in [3.8, 4) is 0 Å². The lowest BCUT2D eigenvalue weighted by Crippen LogP contribution is -2.29. The Hall–Kier alpha value is -2.74. The van der Waals surface area contributed by atoms with Crippen molar-refractivity contribution in [3.05, 3.63) is 54.4 Å². The number of halogens is 1. The largest absolute Gasteiger partial charge is 0.396 e. The Labute approximate surface area is 182 Å². The zero-order valence-corrected chi connectivity index (χ0v) is 17.8. The summed E-state index contributed by atoms with van der Waals surface area (Å²) < 4.78 is 15.4. The molecule has 1 saturated carbocycles. The molecule has 0 aliphatic heterocycles. The first-order valence-corrected chi connectivity index (χ1v) is 11.0. The van der Waals surface area contributed by atoms with Gasteiger partial charge in [0.1, 0.15) is 12.4 Å². The summed E-state index contributed by atoms with van der Waals surface area (Å²) in [6.45, 7) is 0.405. The predicted molar refractivity (Wildman–Crippen MR) is 115 cm³/mol. The monoisotopic (exact) mass is 430 g/mol. The molecule has 1 fully saturated rings. The van der Waals surface area contributed by atoms with Crippen LogP contribution in [0.2, 0.25) is 0 Å². The van der Waals surface area contributed by atoms with Gasteiger partial charge in [0.2, 0.25) is 5.91 Å². The van der Waals surface area contributed by atoms with Crippen LogP contribution in [0.1, 0.15) is 63.0 Å². The van der Waals surface area contributed by atoms with Crippen LogP contribution in [0.25, 0.3) is 0 Å². The SMILES string of the molecule is O=C(CCCCO/N=C(\C1CCCCC1)C(Cc1ccc(F)cc1)n1ccnc1)NO. The predicted octanol–water partition coefficient (Wildman–Crippen LogP) is 4.43. The van der Waals surface area contributed by atoms with Crippen LogP contribution in [-0.4, -0.2) is 33.0 Å². The molecule has 1 atom stereocenters. The van der Waals surface area contributed by atoms with Gasteiger partial charge < -0.3 is 9.40 Å². The number of amides is 1. The Kier molecular flexibility index (Phi) is 9.02. The number of rotatable bonds is 11. The molecule has 0 saturated heterocycles. The fraction of sp³-hybridized carbons (Fsp3) is 0.522. The quantitative estimate of drug-likeness (QED) is 0.239. The third-order valence-electron chi connectivity index (χ3n) is 5.78. The van der Waals surface area contributed by atoms with Crippen LogP contribution in [0.15, 0.2) is 48.1 Å². The zero-order chi connectivity index (χ0) is 21.9. The first-order chi connectivity index (χ1) is 15.2. The molecule has 168 valence electrons. The number of unbranched alkanes of at least 4 members (excludes halogenated alkanes) is 1. The van der Waals surface area contributed by atoms with E-state index >= 15 is 0 Å². The minimum Gasteiger partial charge on any atom is -0.396 e. The van der Waals surface area contributed by atoms with Crippen LogP contribution in [0.4, 0.5) is 4.39 Å². The first-order valence-electron chi connectivity index (χ1n) is 11.0. The molecule has 0 spiro atoms. The molecule has 7 nitrogen and oxygen atoms in total. The van der Waals surface area contributed by atoms with Gasteiger partial charge in [-0.15, -0.1) is 0 Å². The molecular weight excluding hydrogens is 399 g/mol. The molecule has 1 aliphatic carbocycles. The second-order valence-electron chi connectivity index (χ2n) is 8.03. The van der Waals surface area contributed by atoms with E-state index in [0.29, 0.717) is 31.8 Å². The van der Waals surface area contributed by atoms with Gasteiger partial charge in [0.15, 0.2) is 0 Å². The molecule has 2 aromatic rings. The fourth-order valence-corrected chi connectivity index (χ4v) is 4.09. The minimum absolute atomic E-state index is 0.0590. The average Bonchev–Trinajstić information content (AvgIpc) is 3.34. The van der Waals surface area contributed by atoms with Crippen molar-refractivity contribution in [3.63, 3.8) is 0 Å². The number of hydroxylamine groups is 1. The Morgan fingerprint density at radius 1 is 1.26 bits per heavy atom. The van der Waals surface area contributed by atoms with Gasteiger partial charge in [-0.25, -0.2) is 14.9 Å². The molecule has 1 aliphatic rings. The highest BCUT2D eigenvalue weighted by Crippen LogP contribution is 2.31. The summed E-state index contributed by atoms with van der Waals surface area (Å²) in [6, 6.07) is 6.53. The fourth-order valence-electron chi connectivity index (χ4n) is 4.09. The zero-order valence-electron chi connectivity index (χ0n) is 17.8. The Morgan fingerprint density at radius 2 is 2.03 bits per heavy atom. The molecule has 3 rings (SSSR count). The maximum absolute atomic E-state index is 13.4. The van der Waals surface area contributed by atoms with Crippen molar-refractivity contribution in [2.24, 2.45) is 11.1 Å². The minimum atomic E-state index is -0.397. The second-order valence-corrected chi connectivity index (χ2v) is 8.03. The summed E-state index contributed by atoms with van der Waals surface area (Å²) in [5, 5.41) is 13.2. The van der Waals surface area contributed by atoms with Crippen LogP contribution < -0.4 is 5.48 Å². The van der Waals surface area contributed by atoms with Crippen LogP contribution in [0.5, 0.6) is 0 Å². The number of nitrogens with one attached hydrogen (secondary N) is 1. The van der Waals surface area contributed by atoms with Crippen molar-refractivity contribution >= 4 is 11.6 Å². The maximum atomic E-state index is 13.4. The highest BCUT2D eigenvalue weighted by Gasteiger charge is 2.28. The molecule has 0 radical (unpaired) electrons. The number of carbonyl (C=O) groups is 1. The standard InChI is InChI=1S/C23H31FN4O3/c24-20-11-9-18(10-12-20)16-21(28-14-13-25-17-28)23(19-6-2-1-3-7-19)27-31-15-5-4-8-22(29)26-30/h9-14,17,19,21,30H,1-8,15-16H2,(H,26,29)/b27-23+. The van der Waals surface area contributed by atoms with E-state index < -0.39 is 5.91 Å². The lowest BCUT2D eigenvalue weighted by molar-refractivity contribution is -0.129. The summed E-state index contributed by atoms with van der Waals surface area (Å²) in [7, 11) is 0. The topological polar surface area (TPSA) is 88.7 Å². The van der Waals surface area contributed by atoms with E-state index in [4.69, 9.17) is 10.0 Å². The second kappa shape index (κ2) is 12.2. The molecule has 1 aromatic heterocycles. The van der Waals surface area contributed by atoms with Gasteiger partial charge in [0.25, 0.3) is 0 Å². The van der Waals surface area contributed by atoms with Gasteiger partial charge in [0.05, 0.1) is 18.1 Å². The van der Waals surface area contributed by atoms with Crippen molar-refractivity contribution < 1.29 is 19.2 Å². The van der Waals surface area contributed by atoms with Gasteiger partial charge in [-0.2, -0.15) is 0 Å². The van der Waals surface area contributed by atoms with Crippen molar-refractivity contribution in [2.75, 3.05) is 6.61 Å². The molecular formula is C23H31FN4O3. The maximum Gasteiger partial charge on any atom is 0.243 e. The van der Waals surface area contributed by atoms with E-state index in [0.717, 1.165) is 24.1 Å². The average molecular weight is 431 g/mol. The number of aromatic nitrogens is 2. The summed E-state index contributed by atoms with van der Waals surface area (Å²) in [4.78, 5) is 21.0. The number of carbonyl (C=O) groups excluding carboxylic acids is 1. The third-order valence-corrected chi connectivity index (χ3v) is 5.78. The molecule has 1 unspecified atom stereocenters. The molecule has 8 heteroatoms. The molecule has 1 amide bonds. The third kappa shape index (κ3) is 7.17. The van der Waals surface area contributed by atoms with E-state index in [1.807, 2.05) is 22.9 Å². The van der Waals surface area contributed by atoms with Gasteiger partial charge in [-0.05, 0) is 49.8 Å². The van der Waals surface area contributed by atoms with Crippen LogP contribution in [0.3, 0.4) is 0 Å². The van der Waals surface area contributed by atoms with Gasteiger partial charge in [-0.3, -0.25) is 10.0 Å². The van der Waals surface area contributed by atoms with E-state index in [9.17, 15) is 9.18 Å². The Balaban J connectivity index is 1.74. The van der Waals surface area contributed by atoms with Crippen molar-refractivity contribution in [1.29, 1.82) is 0 Å². The van der Waals surface area contributed by atoms with Gasteiger partial charge >= 0.3 is 0 Å². The number of benzene rings is 1. The van der Waals surface area contributed by atoms with E-state index in [2.05, 4.69) is 10.1 Å². The summed E-state index contributed by atoms with van der Waals surface area (Å²) in [5.74, 6) is -0.310. The van der Waals surface area contributed by atoms with E-state index in [1.165, 1.54) is 31.4 Å². The Bertz CT molecular complexity index is 818. The lowest BCUT2D eigenvalue weighted by Gasteiger charge is -2.29. The smallest absolute Gasteiger partial charge is 0.243 e. The summed E-state index contributed by atoms with van der Waals surface area (Å²) >= 11 is 0. The summed E-state index contributed by atoms with van der Waals surface area (Å²) in [5.41, 5.74) is 3.66. The number of hydrogen-bond acceptors (Lipinski definition) is 5. The number of hydrogen-bond donors (Lipinski definition) is 2. The lowest BCUT2D eigenvalue weighted by atomic mass is 9.82. The Morgan fingerprint density at radius 3 is 2.71 bits per heavy atom. The number of oxime groups is 1. The highest BCUT2D eigenvalue weighted by atomic mass is 19.1. The molecule has 0 bridgehead atoms. The highest BCUT2D eigenvalue weighted by molar-refractivity contribution is 5.90. The van der Waals surface area contributed by atoms with Gasteiger partial charge in [0, 0.05) is 24.7 Å².